The fourth-order valence-corrected chi connectivity index (χ4v) is 2.31. The molecule has 0 aliphatic rings. The normalized spacial score (nSPS) is 11.1. The standard InChI is InChI=1S/C13H20FNS/c1-4-8-16-13-11(9-15-10(2)3)6-5-7-12(13)14/h5-7,10,15H,4,8-9H2,1-3H3. The van der Waals surface area contributed by atoms with E-state index in [1.54, 1.807) is 17.8 Å². The van der Waals surface area contributed by atoms with Gasteiger partial charge in [-0.25, -0.2) is 4.39 Å². The average molecular weight is 241 g/mol. The highest BCUT2D eigenvalue weighted by atomic mass is 32.2. The van der Waals surface area contributed by atoms with E-state index in [1.807, 2.05) is 6.07 Å². The van der Waals surface area contributed by atoms with Crippen LogP contribution in [0, 0.1) is 5.82 Å². The van der Waals surface area contributed by atoms with E-state index in [-0.39, 0.29) is 5.82 Å². The Bertz CT molecular complexity index is 326. The van der Waals surface area contributed by atoms with Gasteiger partial charge >= 0.3 is 0 Å². The van der Waals surface area contributed by atoms with E-state index in [0.717, 1.165) is 29.2 Å². The molecule has 1 N–H and O–H groups in total. The molecule has 1 nitrogen and oxygen atoms in total. The predicted octanol–water partition coefficient (Wildman–Crippen LogP) is 3.83. The fraction of sp³-hybridized carbons (Fsp3) is 0.538. The SMILES string of the molecule is CCCSc1c(F)cccc1CNC(C)C. The first kappa shape index (κ1) is 13.5. The quantitative estimate of drug-likeness (QED) is 0.760. The number of rotatable bonds is 6. The van der Waals surface area contributed by atoms with E-state index in [4.69, 9.17) is 0 Å². The molecular formula is C13H20FNS. The summed E-state index contributed by atoms with van der Waals surface area (Å²) in [6.07, 6.45) is 1.07. The maximum atomic E-state index is 13.6. The summed E-state index contributed by atoms with van der Waals surface area (Å²) in [6.45, 7) is 7.04. The zero-order chi connectivity index (χ0) is 12.0. The van der Waals surface area contributed by atoms with E-state index in [9.17, 15) is 4.39 Å². The number of benzene rings is 1. The Hall–Kier alpha value is -0.540. The Morgan fingerprint density at radius 3 is 2.75 bits per heavy atom. The molecular weight excluding hydrogens is 221 g/mol. The smallest absolute Gasteiger partial charge is 0.137 e. The van der Waals surface area contributed by atoms with Crippen LogP contribution in [-0.4, -0.2) is 11.8 Å². The van der Waals surface area contributed by atoms with Crippen molar-refractivity contribution in [3.05, 3.63) is 29.6 Å². The zero-order valence-electron chi connectivity index (χ0n) is 10.2. The van der Waals surface area contributed by atoms with E-state index in [1.165, 1.54) is 6.07 Å². The van der Waals surface area contributed by atoms with Crippen molar-refractivity contribution in [3.8, 4) is 0 Å². The van der Waals surface area contributed by atoms with Crippen LogP contribution in [0.15, 0.2) is 23.1 Å². The van der Waals surface area contributed by atoms with Crippen molar-refractivity contribution in [3.63, 3.8) is 0 Å². The molecule has 0 radical (unpaired) electrons. The van der Waals surface area contributed by atoms with Crippen molar-refractivity contribution in [2.24, 2.45) is 0 Å². The summed E-state index contributed by atoms with van der Waals surface area (Å²) >= 11 is 1.61. The van der Waals surface area contributed by atoms with Crippen LogP contribution in [0.1, 0.15) is 32.8 Å². The molecule has 0 aliphatic heterocycles. The first-order valence-electron chi connectivity index (χ1n) is 5.78. The highest BCUT2D eigenvalue weighted by Gasteiger charge is 2.08. The van der Waals surface area contributed by atoms with E-state index >= 15 is 0 Å². The molecule has 0 atom stereocenters. The lowest BCUT2D eigenvalue weighted by Crippen LogP contribution is -2.22. The molecule has 0 fully saturated rings. The second kappa shape index (κ2) is 6.92. The summed E-state index contributed by atoms with van der Waals surface area (Å²) in [5.41, 5.74) is 1.06. The Kier molecular flexibility index (Phi) is 5.85. The lowest BCUT2D eigenvalue weighted by molar-refractivity contribution is 0.564. The predicted molar refractivity (Wildman–Crippen MR) is 69.4 cm³/mol. The number of hydrogen-bond donors (Lipinski definition) is 1. The first-order chi connectivity index (χ1) is 7.65. The van der Waals surface area contributed by atoms with E-state index in [0.29, 0.717) is 6.04 Å². The largest absolute Gasteiger partial charge is 0.310 e. The summed E-state index contributed by atoms with van der Waals surface area (Å²) in [7, 11) is 0. The monoisotopic (exact) mass is 241 g/mol. The lowest BCUT2D eigenvalue weighted by Gasteiger charge is -2.12. The van der Waals surface area contributed by atoms with Gasteiger partial charge in [-0.3, -0.25) is 0 Å². The minimum Gasteiger partial charge on any atom is -0.310 e. The van der Waals surface area contributed by atoms with Crippen LogP contribution >= 0.6 is 11.8 Å². The average Bonchev–Trinajstić information content (AvgIpc) is 2.25. The molecule has 0 saturated carbocycles. The topological polar surface area (TPSA) is 12.0 Å². The van der Waals surface area contributed by atoms with Gasteiger partial charge in [-0.15, -0.1) is 11.8 Å². The molecule has 1 rings (SSSR count). The van der Waals surface area contributed by atoms with Gasteiger partial charge in [0.2, 0.25) is 0 Å². The van der Waals surface area contributed by atoms with Crippen LogP contribution < -0.4 is 5.32 Å². The summed E-state index contributed by atoms with van der Waals surface area (Å²) in [5.74, 6) is 0.872. The second-order valence-corrected chi connectivity index (χ2v) is 5.22. The molecule has 0 spiro atoms. The van der Waals surface area contributed by atoms with E-state index in [2.05, 4.69) is 26.1 Å². The van der Waals surface area contributed by atoms with Gasteiger partial charge in [0.1, 0.15) is 5.82 Å². The van der Waals surface area contributed by atoms with Crippen LogP contribution in [0.3, 0.4) is 0 Å². The molecule has 1 aromatic rings. The van der Waals surface area contributed by atoms with Gasteiger partial charge in [0, 0.05) is 17.5 Å². The minimum atomic E-state index is -0.0958. The number of halogens is 1. The number of nitrogens with one attached hydrogen (secondary N) is 1. The van der Waals surface area contributed by atoms with Crippen LogP contribution in [0.2, 0.25) is 0 Å². The number of hydrogen-bond acceptors (Lipinski definition) is 2. The van der Waals surface area contributed by atoms with Gasteiger partial charge in [-0.1, -0.05) is 32.9 Å². The summed E-state index contributed by atoms with van der Waals surface area (Å²) < 4.78 is 13.6. The van der Waals surface area contributed by atoms with Crippen LogP contribution in [0.4, 0.5) is 4.39 Å². The van der Waals surface area contributed by atoms with Gasteiger partial charge in [-0.05, 0) is 23.8 Å². The molecule has 0 aliphatic carbocycles. The molecule has 90 valence electrons. The summed E-state index contributed by atoms with van der Waals surface area (Å²) in [4.78, 5) is 0.803. The van der Waals surface area contributed by atoms with Gasteiger partial charge in [0.25, 0.3) is 0 Å². The van der Waals surface area contributed by atoms with Gasteiger partial charge in [0.15, 0.2) is 0 Å². The van der Waals surface area contributed by atoms with Crippen LogP contribution in [0.25, 0.3) is 0 Å². The molecule has 0 bridgehead atoms. The summed E-state index contributed by atoms with van der Waals surface area (Å²) in [5, 5.41) is 3.33. The van der Waals surface area contributed by atoms with Crippen molar-refractivity contribution >= 4 is 11.8 Å². The van der Waals surface area contributed by atoms with Gasteiger partial charge < -0.3 is 5.32 Å². The third kappa shape index (κ3) is 4.14. The minimum absolute atomic E-state index is 0.0958. The van der Waals surface area contributed by atoms with Gasteiger partial charge in [0.05, 0.1) is 0 Å². The van der Waals surface area contributed by atoms with Crippen molar-refractivity contribution in [1.29, 1.82) is 0 Å². The van der Waals surface area contributed by atoms with Crippen molar-refractivity contribution in [2.75, 3.05) is 5.75 Å². The van der Waals surface area contributed by atoms with Crippen molar-refractivity contribution < 1.29 is 4.39 Å². The Morgan fingerprint density at radius 1 is 1.38 bits per heavy atom. The van der Waals surface area contributed by atoms with Gasteiger partial charge in [-0.2, -0.15) is 0 Å². The van der Waals surface area contributed by atoms with Crippen molar-refractivity contribution in [1.82, 2.24) is 5.32 Å². The second-order valence-electron chi connectivity index (χ2n) is 4.11. The lowest BCUT2D eigenvalue weighted by atomic mass is 10.2. The van der Waals surface area contributed by atoms with Crippen LogP contribution in [0.5, 0.6) is 0 Å². The third-order valence-corrected chi connectivity index (χ3v) is 3.56. The molecule has 0 aromatic heterocycles. The Balaban J connectivity index is 2.76. The maximum Gasteiger partial charge on any atom is 0.137 e. The van der Waals surface area contributed by atoms with Crippen LogP contribution in [-0.2, 0) is 6.54 Å². The molecule has 0 saturated heterocycles. The molecule has 0 unspecified atom stereocenters. The molecule has 16 heavy (non-hydrogen) atoms. The highest BCUT2D eigenvalue weighted by molar-refractivity contribution is 7.99. The summed E-state index contributed by atoms with van der Waals surface area (Å²) in [6, 6.07) is 5.74. The van der Waals surface area contributed by atoms with E-state index < -0.39 is 0 Å². The highest BCUT2D eigenvalue weighted by Crippen LogP contribution is 2.26. The first-order valence-corrected chi connectivity index (χ1v) is 6.77. The molecule has 0 heterocycles. The molecule has 3 heteroatoms. The Labute approximate surface area is 102 Å². The number of thioether (sulfide) groups is 1. The fourth-order valence-electron chi connectivity index (χ4n) is 1.37. The zero-order valence-corrected chi connectivity index (χ0v) is 11.0. The molecule has 1 aromatic carbocycles. The maximum absolute atomic E-state index is 13.6. The Morgan fingerprint density at radius 2 is 2.12 bits per heavy atom. The molecule has 0 amide bonds. The third-order valence-electron chi connectivity index (χ3n) is 2.20. The van der Waals surface area contributed by atoms with Crippen molar-refractivity contribution in [2.45, 2.75) is 44.7 Å².